The Morgan fingerprint density at radius 3 is 1.68 bits per heavy atom. The van der Waals surface area contributed by atoms with E-state index in [4.69, 9.17) is 11.6 Å². The van der Waals surface area contributed by atoms with E-state index >= 15 is 0 Å². The molecule has 5 heteroatoms. The van der Waals surface area contributed by atoms with Gasteiger partial charge in [-0.05, 0) is 34.9 Å². The summed E-state index contributed by atoms with van der Waals surface area (Å²) >= 11 is 6.11. The van der Waals surface area contributed by atoms with Crippen molar-refractivity contribution in [1.82, 2.24) is 19.9 Å². The molecular formula is C20H13ClN4. The first-order valence-corrected chi connectivity index (χ1v) is 8.15. The highest BCUT2D eigenvalue weighted by atomic mass is 35.5. The van der Waals surface area contributed by atoms with E-state index in [-0.39, 0.29) is 5.28 Å². The molecule has 0 saturated heterocycles. The van der Waals surface area contributed by atoms with Crippen molar-refractivity contribution >= 4 is 11.6 Å². The number of pyridine rings is 1. The fraction of sp³-hybridized carbons (Fsp3) is 0. The van der Waals surface area contributed by atoms with E-state index in [0.29, 0.717) is 11.6 Å². The van der Waals surface area contributed by atoms with Crippen molar-refractivity contribution in [3.63, 3.8) is 0 Å². The van der Waals surface area contributed by atoms with Crippen molar-refractivity contribution in [3.8, 4) is 33.9 Å². The summed E-state index contributed by atoms with van der Waals surface area (Å²) in [6.07, 6.45) is 3.56. The zero-order chi connectivity index (χ0) is 17.1. The fourth-order valence-corrected chi connectivity index (χ4v) is 2.71. The second-order valence-electron chi connectivity index (χ2n) is 5.43. The van der Waals surface area contributed by atoms with Crippen molar-refractivity contribution < 1.29 is 0 Å². The maximum absolute atomic E-state index is 6.11. The maximum Gasteiger partial charge on any atom is 0.226 e. The van der Waals surface area contributed by atoms with Crippen LogP contribution in [-0.2, 0) is 0 Å². The minimum atomic E-state index is 0.182. The summed E-state index contributed by atoms with van der Waals surface area (Å²) in [7, 11) is 0. The van der Waals surface area contributed by atoms with E-state index < -0.39 is 0 Å². The summed E-state index contributed by atoms with van der Waals surface area (Å²) < 4.78 is 0. The summed E-state index contributed by atoms with van der Waals surface area (Å²) in [4.78, 5) is 17.1. The van der Waals surface area contributed by atoms with Crippen molar-refractivity contribution in [2.24, 2.45) is 0 Å². The third-order valence-corrected chi connectivity index (χ3v) is 3.97. The fourth-order valence-electron chi connectivity index (χ4n) is 2.55. The lowest BCUT2D eigenvalue weighted by Crippen LogP contribution is -1.97. The lowest BCUT2D eigenvalue weighted by molar-refractivity contribution is 1.07. The van der Waals surface area contributed by atoms with E-state index in [1.807, 2.05) is 66.7 Å². The van der Waals surface area contributed by atoms with Gasteiger partial charge in [-0.2, -0.15) is 9.97 Å². The van der Waals surface area contributed by atoms with E-state index in [1.165, 1.54) is 0 Å². The Hall–Kier alpha value is -3.11. The number of nitrogens with zero attached hydrogens (tertiary/aromatic N) is 4. The van der Waals surface area contributed by atoms with Crippen LogP contribution in [0.4, 0.5) is 0 Å². The maximum atomic E-state index is 6.11. The van der Waals surface area contributed by atoms with E-state index in [9.17, 15) is 0 Å². The average molecular weight is 345 g/mol. The minimum Gasteiger partial charge on any atom is -0.265 e. The van der Waals surface area contributed by atoms with Crippen LogP contribution in [0.3, 0.4) is 0 Å². The molecular weight excluding hydrogens is 332 g/mol. The van der Waals surface area contributed by atoms with Crippen molar-refractivity contribution in [2.45, 2.75) is 0 Å². The van der Waals surface area contributed by atoms with Gasteiger partial charge in [0.2, 0.25) is 5.28 Å². The molecule has 0 atom stereocenters. The van der Waals surface area contributed by atoms with Crippen LogP contribution in [0.25, 0.3) is 33.9 Å². The molecule has 2 aromatic carbocycles. The van der Waals surface area contributed by atoms with Gasteiger partial charge in [0.15, 0.2) is 11.6 Å². The Bertz CT molecular complexity index is 987. The van der Waals surface area contributed by atoms with Gasteiger partial charge in [-0.15, -0.1) is 0 Å². The first-order valence-electron chi connectivity index (χ1n) is 7.77. The molecule has 0 fully saturated rings. The van der Waals surface area contributed by atoms with E-state index in [2.05, 4.69) is 19.9 Å². The molecule has 0 aliphatic heterocycles. The highest BCUT2D eigenvalue weighted by Crippen LogP contribution is 2.25. The molecule has 0 unspecified atom stereocenters. The number of hydrogen-bond acceptors (Lipinski definition) is 4. The Morgan fingerprint density at radius 1 is 0.520 bits per heavy atom. The van der Waals surface area contributed by atoms with Gasteiger partial charge in [0.05, 0.1) is 0 Å². The Balaban J connectivity index is 1.71. The van der Waals surface area contributed by atoms with Crippen LogP contribution in [0.1, 0.15) is 0 Å². The highest BCUT2D eigenvalue weighted by Gasteiger charge is 2.09. The quantitative estimate of drug-likeness (QED) is 0.529. The summed E-state index contributed by atoms with van der Waals surface area (Å²) in [5.41, 5.74) is 4.01. The van der Waals surface area contributed by atoms with Gasteiger partial charge in [0.25, 0.3) is 0 Å². The molecule has 0 bridgehead atoms. The number of halogens is 1. The molecule has 25 heavy (non-hydrogen) atoms. The van der Waals surface area contributed by atoms with E-state index in [0.717, 1.165) is 22.3 Å². The van der Waals surface area contributed by atoms with E-state index in [1.54, 1.807) is 12.4 Å². The zero-order valence-corrected chi connectivity index (χ0v) is 13.9. The molecule has 4 rings (SSSR count). The number of hydrogen-bond donors (Lipinski definition) is 0. The van der Waals surface area contributed by atoms with Crippen molar-refractivity contribution in [1.29, 1.82) is 0 Å². The third kappa shape index (κ3) is 3.39. The van der Waals surface area contributed by atoms with Crippen LogP contribution in [0, 0.1) is 0 Å². The van der Waals surface area contributed by atoms with Crippen molar-refractivity contribution in [2.75, 3.05) is 0 Å². The molecule has 0 aliphatic rings. The molecule has 4 nitrogen and oxygen atoms in total. The van der Waals surface area contributed by atoms with Gasteiger partial charge in [0, 0.05) is 23.5 Å². The SMILES string of the molecule is Clc1nc(-c2ccccc2)nc(-c2ccc(-c3ccncc3)cc2)n1. The van der Waals surface area contributed by atoms with Gasteiger partial charge in [-0.3, -0.25) is 4.98 Å². The molecule has 0 N–H and O–H groups in total. The Morgan fingerprint density at radius 2 is 1.04 bits per heavy atom. The molecule has 0 spiro atoms. The Labute approximate surface area is 150 Å². The second-order valence-corrected chi connectivity index (χ2v) is 5.77. The number of rotatable bonds is 3. The van der Waals surface area contributed by atoms with Crippen molar-refractivity contribution in [3.05, 3.63) is 84.4 Å². The van der Waals surface area contributed by atoms with Crippen LogP contribution in [0.2, 0.25) is 5.28 Å². The predicted octanol–water partition coefficient (Wildman–Crippen LogP) is 4.92. The molecule has 120 valence electrons. The van der Waals surface area contributed by atoms with Crippen LogP contribution >= 0.6 is 11.6 Å². The van der Waals surface area contributed by atoms with Gasteiger partial charge in [-0.25, -0.2) is 4.98 Å². The van der Waals surface area contributed by atoms with Crippen LogP contribution in [-0.4, -0.2) is 19.9 Å². The lowest BCUT2D eigenvalue weighted by Gasteiger charge is -2.06. The molecule has 0 amide bonds. The summed E-state index contributed by atoms with van der Waals surface area (Å²) in [6.45, 7) is 0. The highest BCUT2D eigenvalue weighted by molar-refractivity contribution is 6.28. The predicted molar refractivity (Wildman–Crippen MR) is 98.9 cm³/mol. The number of benzene rings is 2. The average Bonchev–Trinajstić information content (AvgIpc) is 2.69. The molecule has 2 aromatic heterocycles. The standard InChI is InChI=1S/C20H13ClN4/c21-20-24-18(16-4-2-1-3-5-16)23-19(25-20)17-8-6-14(7-9-17)15-10-12-22-13-11-15/h1-13H. The molecule has 0 saturated carbocycles. The molecule has 0 radical (unpaired) electrons. The summed E-state index contributed by atoms with van der Waals surface area (Å²) in [5, 5.41) is 0.182. The molecule has 0 aliphatic carbocycles. The molecule has 2 heterocycles. The smallest absolute Gasteiger partial charge is 0.226 e. The van der Waals surface area contributed by atoms with Gasteiger partial charge in [0.1, 0.15) is 0 Å². The third-order valence-electron chi connectivity index (χ3n) is 3.80. The topological polar surface area (TPSA) is 51.6 Å². The van der Waals surface area contributed by atoms with Crippen LogP contribution in [0.5, 0.6) is 0 Å². The second kappa shape index (κ2) is 6.79. The van der Waals surface area contributed by atoms with Gasteiger partial charge >= 0.3 is 0 Å². The monoisotopic (exact) mass is 344 g/mol. The summed E-state index contributed by atoms with van der Waals surface area (Å²) in [6, 6.07) is 21.7. The minimum absolute atomic E-state index is 0.182. The molecule has 4 aromatic rings. The Kier molecular flexibility index (Phi) is 4.19. The van der Waals surface area contributed by atoms with Crippen LogP contribution in [0.15, 0.2) is 79.1 Å². The van der Waals surface area contributed by atoms with Gasteiger partial charge in [-0.1, -0.05) is 54.6 Å². The zero-order valence-electron chi connectivity index (χ0n) is 13.2. The lowest BCUT2D eigenvalue weighted by atomic mass is 10.0. The van der Waals surface area contributed by atoms with Crippen LogP contribution < -0.4 is 0 Å². The number of aromatic nitrogens is 4. The largest absolute Gasteiger partial charge is 0.265 e. The first kappa shape index (κ1) is 15.4. The van der Waals surface area contributed by atoms with Gasteiger partial charge < -0.3 is 0 Å². The first-order chi connectivity index (χ1) is 12.3. The normalized spacial score (nSPS) is 10.6. The summed E-state index contributed by atoms with van der Waals surface area (Å²) in [5.74, 6) is 1.12.